The summed E-state index contributed by atoms with van der Waals surface area (Å²) < 4.78 is 18.2. The Kier molecular flexibility index (Phi) is 9.10. The first-order valence-electron chi connectivity index (χ1n) is 13.2. The number of aryl methyl sites for hydroxylation is 1. The molecule has 0 aliphatic carbocycles. The number of anilines is 1. The van der Waals surface area contributed by atoms with Gasteiger partial charge in [0.2, 0.25) is 11.8 Å². The minimum absolute atomic E-state index is 0.140. The first-order chi connectivity index (χ1) is 19.1. The molecular formula is C30H38N4O5S. The third-order valence-corrected chi connectivity index (χ3v) is 7.96. The second-order valence-corrected chi connectivity index (χ2v) is 11.8. The third kappa shape index (κ3) is 6.13. The average molecular weight is 567 g/mol. The Labute approximate surface area is 240 Å². The molecule has 10 heteroatoms. The number of ether oxygens (including phenoxy) is 3. The van der Waals surface area contributed by atoms with Crippen LogP contribution in [0.3, 0.4) is 0 Å². The van der Waals surface area contributed by atoms with Crippen LogP contribution >= 0.6 is 11.8 Å². The van der Waals surface area contributed by atoms with Crippen LogP contribution in [0.2, 0.25) is 0 Å². The van der Waals surface area contributed by atoms with Crippen LogP contribution < -0.4 is 19.7 Å². The van der Waals surface area contributed by atoms with Crippen LogP contribution in [0, 0.1) is 6.92 Å². The monoisotopic (exact) mass is 566 g/mol. The summed E-state index contributed by atoms with van der Waals surface area (Å²) in [6.45, 7) is 8.94. The predicted octanol–water partition coefficient (Wildman–Crippen LogP) is 4.43. The molecule has 1 N–H and O–H groups in total. The fraction of sp³-hybridized carbons (Fsp3) is 0.433. The summed E-state index contributed by atoms with van der Waals surface area (Å²) in [5, 5.41) is 7.68. The molecule has 4 rings (SSSR count). The van der Waals surface area contributed by atoms with Crippen molar-refractivity contribution in [1.82, 2.24) is 15.1 Å². The van der Waals surface area contributed by atoms with Gasteiger partial charge in [0.15, 0.2) is 0 Å². The largest absolute Gasteiger partial charge is 0.497 e. The lowest BCUT2D eigenvalue weighted by molar-refractivity contribution is -0.123. The molecule has 0 fully saturated rings. The van der Waals surface area contributed by atoms with Gasteiger partial charge in [-0.2, -0.15) is 5.10 Å². The maximum Gasteiger partial charge on any atom is 0.240 e. The molecule has 0 spiro atoms. The van der Waals surface area contributed by atoms with Crippen molar-refractivity contribution in [3.05, 3.63) is 64.8 Å². The van der Waals surface area contributed by atoms with E-state index in [1.807, 2.05) is 49.4 Å². The van der Waals surface area contributed by atoms with Crippen LogP contribution in [0.15, 0.2) is 42.5 Å². The predicted molar refractivity (Wildman–Crippen MR) is 158 cm³/mol. The Morgan fingerprint density at radius 1 is 1.10 bits per heavy atom. The first-order valence-corrected chi connectivity index (χ1v) is 14.2. The summed E-state index contributed by atoms with van der Waals surface area (Å²) in [6.07, 6.45) is 0. The first kappa shape index (κ1) is 29.5. The number of amides is 2. The molecule has 40 heavy (non-hydrogen) atoms. The standard InChI is InChI=1S/C30H38N4O5S/c1-19-8-10-20(11-9-19)34-29-26(28(32-34)30(2,3)4)27(22-16-21(38-6)12-13-23(22)39-7)40-18-25(36)33(29)17-24(35)31-14-15-37-5/h8-13,16,27H,14-15,17-18H2,1-7H3,(H,31,35). The minimum atomic E-state index is -0.370. The molecule has 0 saturated carbocycles. The molecule has 1 aliphatic rings. The Hall–Kier alpha value is -3.50. The van der Waals surface area contributed by atoms with E-state index in [4.69, 9.17) is 19.3 Å². The average Bonchev–Trinajstić information content (AvgIpc) is 3.27. The van der Waals surface area contributed by atoms with E-state index >= 15 is 0 Å². The van der Waals surface area contributed by atoms with Gasteiger partial charge < -0.3 is 19.5 Å². The van der Waals surface area contributed by atoms with E-state index in [1.165, 1.54) is 11.8 Å². The minimum Gasteiger partial charge on any atom is -0.497 e. The Balaban J connectivity index is 2.00. The zero-order valence-corrected chi connectivity index (χ0v) is 25.1. The second-order valence-electron chi connectivity index (χ2n) is 10.7. The van der Waals surface area contributed by atoms with Gasteiger partial charge in [-0.1, -0.05) is 38.5 Å². The number of benzene rings is 2. The molecular weight excluding hydrogens is 528 g/mol. The van der Waals surface area contributed by atoms with Crippen molar-refractivity contribution >= 4 is 29.4 Å². The third-order valence-electron chi connectivity index (χ3n) is 6.73. The fourth-order valence-electron chi connectivity index (χ4n) is 4.72. The lowest BCUT2D eigenvalue weighted by Crippen LogP contribution is -2.43. The SMILES string of the molecule is COCCNC(=O)CN1C(=O)CSC(c2cc(OC)ccc2OC)c2c(C(C)(C)C)nn(-c3ccc(C)cc3)c21. The zero-order chi connectivity index (χ0) is 29.0. The van der Waals surface area contributed by atoms with Gasteiger partial charge in [0.25, 0.3) is 0 Å². The highest BCUT2D eigenvalue weighted by atomic mass is 32.2. The Morgan fingerprint density at radius 2 is 1.82 bits per heavy atom. The lowest BCUT2D eigenvalue weighted by atomic mass is 9.87. The van der Waals surface area contributed by atoms with Gasteiger partial charge in [0, 0.05) is 30.2 Å². The van der Waals surface area contributed by atoms with E-state index in [1.54, 1.807) is 30.9 Å². The number of nitrogens with one attached hydrogen (secondary N) is 1. The van der Waals surface area contributed by atoms with Crippen molar-refractivity contribution in [2.45, 2.75) is 38.4 Å². The van der Waals surface area contributed by atoms with E-state index in [9.17, 15) is 9.59 Å². The highest BCUT2D eigenvalue weighted by Crippen LogP contribution is 2.50. The van der Waals surface area contributed by atoms with Gasteiger partial charge in [-0.3, -0.25) is 14.5 Å². The number of aromatic nitrogens is 2. The number of carbonyl (C=O) groups excluding carboxylic acids is 2. The van der Waals surface area contributed by atoms with Gasteiger partial charge in [0.05, 0.1) is 43.2 Å². The number of rotatable bonds is 9. The number of thioether (sulfide) groups is 1. The number of hydrogen-bond donors (Lipinski definition) is 1. The van der Waals surface area contributed by atoms with Gasteiger partial charge >= 0.3 is 0 Å². The quantitative estimate of drug-likeness (QED) is 0.383. The molecule has 0 radical (unpaired) electrons. The van der Waals surface area contributed by atoms with Crippen molar-refractivity contribution < 1.29 is 23.8 Å². The van der Waals surface area contributed by atoms with E-state index < -0.39 is 0 Å². The number of methoxy groups -OCH3 is 3. The molecule has 0 bridgehead atoms. The van der Waals surface area contributed by atoms with Crippen LogP contribution in [-0.2, 0) is 19.7 Å². The summed E-state index contributed by atoms with van der Waals surface area (Å²) >= 11 is 1.50. The number of hydrogen-bond acceptors (Lipinski definition) is 7. The molecule has 9 nitrogen and oxygen atoms in total. The summed E-state index contributed by atoms with van der Waals surface area (Å²) in [4.78, 5) is 28.4. The summed E-state index contributed by atoms with van der Waals surface area (Å²) in [5.74, 6) is 1.68. The number of nitrogens with zero attached hydrogens (tertiary/aromatic N) is 3. The van der Waals surface area contributed by atoms with Gasteiger partial charge in [-0.15, -0.1) is 11.8 Å². The molecule has 3 aromatic rings. The van der Waals surface area contributed by atoms with E-state index in [2.05, 4.69) is 26.1 Å². The van der Waals surface area contributed by atoms with E-state index in [0.717, 1.165) is 28.1 Å². The van der Waals surface area contributed by atoms with Gasteiger partial charge in [-0.05, 0) is 37.3 Å². The molecule has 1 atom stereocenters. The van der Waals surface area contributed by atoms with Gasteiger partial charge in [-0.25, -0.2) is 4.68 Å². The van der Waals surface area contributed by atoms with Crippen molar-refractivity contribution in [1.29, 1.82) is 0 Å². The van der Waals surface area contributed by atoms with Crippen LogP contribution in [0.4, 0.5) is 5.82 Å². The Morgan fingerprint density at radius 3 is 2.45 bits per heavy atom. The number of fused-ring (bicyclic) bond motifs is 1. The fourth-order valence-corrected chi connectivity index (χ4v) is 5.93. The topological polar surface area (TPSA) is 94.9 Å². The highest BCUT2D eigenvalue weighted by Gasteiger charge is 2.40. The van der Waals surface area contributed by atoms with Crippen LogP contribution in [-0.4, -0.2) is 68.4 Å². The van der Waals surface area contributed by atoms with Gasteiger partial charge in [0.1, 0.15) is 23.9 Å². The van der Waals surface area contributed by atoms with Crippen molar-refractivity contribution in [2.24, 2.45) is 0 Å². The van der Waals surface area contributed by atoms with Crippen molar-refractivity contribution in [2.75, 3.05) is 51.7 Å². The van der Waals surface area contributed by atoms with E-state index in [-0.39, 0.29) is 34.8 Å². The Bertz CT molecular complexity index is 1360. The van der Waals surface area contributed by atoms with E-state index in [0.29, 0.717) is 30.5 Å². The van der Waals surface area contributed by atoms with Crippen molar-refractivity contribution in [3.63, 3.8) is 0 Å². The molecule has 1 aliphatic heterocycles. The molecule has 2 aromatic carbocycles. The van der Waals surface area contributed by atoms with Crippen molar-refractivity contribution in [3.8, 4) is 17.2 Å². The molecule has 214 valence electrons. The molecule has 2 amide bonds. The smallest absolute Gasteiger partial charge is 0.240 e. The molecule has 0 saturated heterocycles. The van der Waals surface area contributed by atoms with Crippen LogP contribution in [0.25, 0.3) is 5.69 Å². The lowest BCUT2D eigenvalue weighted by Gasteiger charge is -2.25. The maximum absolute atomic E-state index is 13.8. The number of carbonyl (C=O) groups is 2. The zero-order valence-electron chi connectivity index (χ0n) is 24.2. The summed E-state index contributed by atoms with van der Waals surface area (Å²) in [5.41, 5.74) is 4.13. The van der Waals surface area contributed by atoms with Crippen LogP contribution in [0.5, 0.6) is 11.5 Å². The summed E-state index contributed by atoms with van der Waals surface area (Å²) in [6, 6.07) is 13.7. The second kappa shape index (κ2) is 12.3. The maximum atomic E-state index is 13.8. The summed E-state index contributed by atoms with van der Waals surface area (Å²) in [7, 11) is 4.84. The van der Waals surface area contributed by atoms with Crippen LogP contribution in [0.1, 0.15) is 48.4 Å². The highest BCUT2D eigenvalue weighted by molar-refractivity contribution is 8.00. The molecule has 1 unspecified atom stereocenters. The molecule has 2 heterocycles. The normalized spacial score (nSPS) is 15.4. The molecule has 1 aromatic heterocycles.